The summed E-state index contributed by atoms with van der Waals surface area (Å²) in [5.41, 5.74) is 2.15. The Morgan fingerprint density at radius 3 is 2.92 bits per heavy atom. The summed E-state index contributed by atoms with van der Waals surface area (Å²) in [5, 5.41) is 6.44. The number of methoxy groups -OCH3 is 1. The van der Waals surface area contributed by atoms with E-state index in [4.69, 9.17) is 9.47 Å². The van der Waals surface area contributed by atoms with Crippen LogP contribution in [0.5, 0.6) is 11.5 Å². The van der Waals surface area contributed by atoms with Crippen LogP contribution in [0, 0.1) is 5.92 Å². The fourth-order valence-electron chi connectivity index (χ4n) is 3.51. The van der Waals surface area contributed by atoms with Crippen molar-refractivity contribution in [2.45, 2.75) is 51.8 Å². The minimum absolute atomic E-state index is 0. The van der Waals surface area contributed by atoms with Gasteiger partial charge in [-0.15, -0.1) is 12.4 Å². The maximum absolute atomic E-state index is 12.4. The number of hydrogen-bond acceptors (Lipinski definition) is 4. The molecule has 3 atom stereocenters. The molecule has 2 aliphatic rings. The van der Waals surface area contributed by atoms with E-state index in [0.717, 1.165) is 42.9 Å². The molecule has 1 aromatic carbocycles. The van der Waals surface area contributed by atoms with E-state index in [1.54, 1.807) is 7.11 Å². The van der Waals surface area contributed by atoms with Gasteiger partial charge in [0.25, 0.3) is 0 Å². The third kappa shape index (κ3) is 4.14. The summed E-state index contributed by atoms with van der Waals surface area (Å²) in [6.07, 6.45) is 2.91. The van der Waals surface area contributed by atoms with Gasteiger partial charge in [0.2, 0.25) is 5.91 Å². The summed E-state index contributed by atoms with van der Waals surface area (Å²) in [5.74, 6) is 1.97. The first-order chi connectivity index (χ1) is 11.1. The molecule has 3 rings (SSSR count). The minimum Gasteiger partial charge on any atom is -0.496 e. The highest BCUT2D eigenvalue weighted by atomic mass is 35.5. The van der Waals surface area contributed by atoms with Gasteiger partial charge in [-0.2, -0.15) is 0 Å². The van der Waals surface area contributed by atoms with E-state index in [9.17, 15) is 4.79 Å². The zero-order chi connectivity index (χ0) is 16.4. The van der Waals surface area contributed by atoms with Crippen molar-refractivity contribution >= 4 is 18.3 Å². The third-order valence-corrected chi connectivity index (χ3v) is 4.75. The van der Waals surface area contributed by atoms with E-state index in [-0.39, 0.29) is 30.3 Å². The predicted octanol–water partition coefficient (Wildman–Crippen LogP) is 2.44. The zero-order valence-electron chi connectivity index (χ0n) is 14.6. The second kappa shape index (κ2) is 8.08. The quantitative estimate of drug-likeness (QED) is 0.872. The second-order valence-electron chi connectivity index (χ2n) is 6.70. The monoisotopic (exact) mass is 354 g/mol. The summed E-state index contributed by atoms with van der Waals surface area (Å²) < 4.78 is 11.3. The second-order valence-corrected chi connectivity index (χ2v) is 6.70. The highest BCUT2D eigenvalue weighted by Gasteiger charge is 2.25. The van der Waals surface area contributed by atoms with Gasteiger partial charge in [0.1, 0.15) is 17.6 Å². The number of halogens is 1. The highest BCUT2D eigenvalue weighted by Crippen LogP contribution is 2.35. The Morgan fingerprint density at radius 2 is 2.21 bits per heavy atom. The van der Waals surface area contributed by atoms with Crippen molar-refractivity contribution in [3.05, 3.63) is 23.3 Å². The number of amides is 1. The van der Waals surface area contributed by atoms with Gasteiger partial charge >= 0.3 is 0 Å². The number of carbonyl (C=O) groups excluding carboxylic acids is 1. The van der Waals surface area contributed by atoms with Crippen LogP contribution in [0.15, 0.2) is 12.1 Å². The van der Waals surface area contributed by atoms with Crippen molar-refractivity contribution < 1.29 is 14.3 Å². The van der Waals surface area contributed by atoms with Crippen LogP contribution < -0.4 is 20.1 Å². The number of rotatable bonds is 4. The lowest BCUT2D eigenvalue weighted by Crippen LogP contribution is -2.42. The largest absolute Gasteiger partial charge is 0.496 e. The van der Waals surface area contributed by atoms with Crippen molar-refractivity contribution in [3.8, 4) is 11.5 Å². The predicted molar refractivity (Wildman–Crippen MR) is 96.1 cm³/mol. The minimum atomic E-state index is 0. The van der Waals surface area contributed by atoms with Gasteiger partial charge in [0.05, 0.1) is 7.11 Å². The molecular formula is C18H27ClN2O3. The van der Waals surface area contributed by atoms with Gasteiger partial charge < -0.3 is 20.1 Å². The Bertz CT molecular complexity index is 594. The van der Waals surface area contributed by atoms with Crippen LogP contribution >= 0.6 is 12.4 Å². The van der Waals surface area contributed by atoms with Crippen LogP contribution in [0.3, 0.4) is 0 Å². The molecule has 0 radical (unpaired) electrons. The lowest BCUT2D eigenvalue weighted by molar-refractivity contribution is -0.126. The summed E-state index contributed by atoms with van der Waals surface area (Å²) in [7, 11) is 1.67. The van der Waals surface area contributed by atoms with Gasteiger partial charge in [-0.05, 0) is 45.4 Å². The third-order valence-electron chi connectivity index (χ3n) is 4.75. The lowest BCUT2D eigenvalue weighted by atomic mass is 9.92. The van der Waals surface area contributed by atoms with E-state index in [2.05, 4.69) is 24.5 Å². The van der Waals surface area contributed by atoms with E-state index in [0.29, 0.717) is 12.6 Å². The summed E-state index contributed by atoms with van der Waals surface area (Å²) in [6.45, 7) is 5.58. The molecule has 0 saturated carbocycles. The molecule has 1 fully saturated rings. The first kappa shape index (κ1) is 18.9. The zero-order valence-corrected chi connectivity index (χ0v) is 15.4. The highest BCUT2D eigenvalue weighted by molar-refractivity contribution is 5.85. The van der Waals surface area contributed by atoms with E-state index in [1.165, 1.54) is 5.56 Å². The molecule has 0 aliphatic carbocycles. The van der Waals surface area contributed by atoms with Crippen molar-refractivity contribution in [2.24, 2.45) is 5.92 Å². The fraction of sp³-hybridized carbons (Fsp3) is 0.611. The summed E-state index contributed by atoms with van der Waals surface area (Å²) >= 11 is 0. The van der Waals surface area contributed by atoms with Gasteiger partial charge in [-0.1, -0.05) is 0 Å². The number of ether oxygens (including phenoxy) is 2. The van der Waals surface area contributed by atoms with Crippen LogP contribution in [0.1, 0.15) is 37.8 Å². The summed E-state index contributed by atoms with van der Waals surface area (Å²) in [6, 6.07) is 4.44. The number of hydrogen-bond donors (Lipinski definition) is 2. The average Bonchev–Trinajstić information content (AvgIpc) is 2.90. The van der Waals surface area contributed by atoms with Gasteiger partial charge in [0, 0.05) is 36.1 Å². The van der Waals surface area contributed by atoms with Crippen LogP contribution in [0.25, 0.3) is 0 Å². The molecule has 1 amide bonds. The number of fused-ring (bicyclic) bond motifs is 1. The maximum Gasteiger partial charge on any atom is 0.223 e. The smallest absolute Gasteiger partial charge is 0.223 e. The van der Waals surface area contributed by atoms with Crippen molar-refractivity contribution in [1.82, 2.24) is 10.6 Å². The molecule has 1 unspecified atom stereocenters. The molecule has 134 valence electrons. The van der Waals surface area contributed by atoms with Gasteiger partial charge in [-0.3, -0.25) is 4.79 Å². The maximum atomic E-state index is 12.4. The topological polar surface area (TPSA) is 59.6 Å². The number of benzene rings is 1. The fourth-order valence-corrected chi connectivity index (χ4v) is 3.51. The number of carbonyl (C=O) groups is 1. The Morgan fingerprint density at radius 1 is 1.42 bits per heavy atom. The Hall–Kier alpha value is -1.46. The van der Waals surface area contributed by atoms with Crippen molar-refractivity contribution in [1.29, 1.82) is 0 Å². The average molecular weight is 355 g/mol. The van der Waals surface area contributed by atoms with Crippen LogP contribution in [-0.2, 0) is 17.8 Å². The molecule has 5 nitrogen and oxygen atoms in total. The molecule has 24 heavy (non-hydrogen) atoms. The van der Waals surface area contributed by atoms with Crippen LogP contribution in [0.4, 0.5) is 0 Å². The number of nitrogens with one attached hydrogen (secondary N) is 2. The van der Waals surface area contributed by atoms with Gasteiger partial charge in [0.15, 0.2) is 0 Å². The Kier molecular flexibility index (Phi) is 6.35. The van der Waals surface area contributed by atoms with E-state index < -0.39 is 0 Å². The molecule has 2 N–H and O–H groups in total. The molecule has 2 heterocycles. The molecule has 0 aromatic heterocycles. The van der Waals surface area contributed by atoms with Crippen molar-refractivity contribution in [3.63, 3.8) is 0 Å². The molecule has 1 aromatic rings. The summed E-state index contributed by atoms with van der Waals surface area (Å²) in [4.78, 5) is 12.4. The molecule has 6 heteroatoms. The molecule has 0 bridgehead atoms. The van der Waals surface area contributed by atoms with Crippen LogP contribution in [0.2, 0.25) is 0 Å². The molecule has 2 aliphatic heterocycles. The number of piperidine rings is 1. The molecule has 0 spiro atoms. The normalized spacial score (nSPS) is 25.2. The Labute approximate surface area is 149 Å². The van der Waals surface area contributed by atoms with E-state index >= 15 is 0 Å². The lowest BCUT2D eigenvalue weighted by Gasteiger charge is -2.27. The van der Waals surface area contributed by atoms with Gasteiger partial charge in [-0.25, -0.2) is 0 Å². The SMILES string of the molecule is COc1cc2c(cc1CNC(=O)[C@H]1CCN[C@@H](C)C1)OC(C)C2.Cl. The Balaban J connectivity index is 0.00000208. The van der Waals surface area contributed by atoms with Crippen molar-refractivity contribution in [2.75, 3.05) is 13.7 Å². The van der Waals surface area contributed by atoms with Crippen LogP contribution in [-0.4, -0.2) is 31.7 Å². The first-order valence-corrected chi connectivity index (χ1v) is 8.44. The molecule has 1 saturated heterocycles. The first-order valence-electron chi connectivity index (χ1n) is 8.44. The molecular weight excluding hydrogens is 328 g/mol. The standard InChI is InChI=1S/C18H26N2O3.ClH/c1-11-6-13(4-5-19-11)18(21)20-10-15-9-17-14(7-12(2)23-17)8-16(15)22-3;/h8-9,11-13,19H,4-7,10H2,1-3H3,(H,20,21);1H/t11-,12?,13-;/m0./s1. The van der Waals surface area contributed by atoms with E-state index in [1.807, 2.05) is 12.1 Å².